The first-order valence-electron chi connectivity index (χ1n) is 7.62. The molecule has 2 aliphatic heterocycles. The van der Waals surface area contributed by atoms with Gasteiger partial charge in [0.2, 0.25) is 5.91 Å². The Kier molecular flexibility index (Phi) is 5.77. The van der Waals surface area contributed by atoms with Crippen LogP contribution in [0.1, 0.15) is 19.3 Å². The van der Waals surface area contributed by atoms with Crippen molar-refractivity contribution in [3.63, 3.8) is 0 Å². The van der Waals surface area contributed by atoms with Gasteiger partial charge in [-0.3, -0.25) is 9.69 Å². The fourth-order valence-electron chi connectivity index (χ4n) is 3.14. The maximum atomic E-state index is 12.8. The summed E-state index contributed by atoms with van der Waals surface area (Å²) >= 11 is 0. The molecule has 0 bridgehead atoms. The van der Waals surface area contributed by atoms with Gasteiger partial charge in [-0.1, -0.05) is 0 Å². The van der Waals surface area contributed by atoms with Gasteiger partial charge in [0.25, 0.3) is 0 Å². The van der Waals surface area contributed by atoms with Gasteiger partial charge < -0.3 is 20.5 Å². The maximum absolute atomic E-state index is 12.8. The first-order chi connectivity index (χ1) is 9.72. The van der Waals surface area contributed by atoms with Crippen molar-refractivity contribution in [2.45, 2.75) is 19.3 Å². The molecule has 0 unspecified atom stereocenters. The van der Waals surface area contributed by atoms with E-state index in [1.165, 1.54) is 0 Å². The molecule has 2 saturated heterocycles. The minimum atomic E-state index is -0.412. The molecule has 0 aromatic carbocycles. The molecule has 3 N–H and O–H groups in total. The molecule has 116 valence electrons. The van der Waals surface area contributed by atoms with E-state index in [0.717, 1.165) is 45.4 Å². The fraction of sp³-hybridized carbons (Fsp3) is 0.929. The molecule has 2 heterocycles. The maximum Gasteiger partial charge on any atom is 0.230 e. The summed E-state index contributed by atoms with van der Waals surface area (Å²) in [5, 5.41) is 9.02. The number of hydrogen-bond acceptors (Lipinski definition) is 5. The van der Waals surface area contributed by atoms with Gasteiger partial charge in [0, 0.05) is 45.9 Å². The Morgan fingerprint density at radius 2 is 1.95 bits per heavy atom. The van der Waals surface area contributed by atoms with Crippen LogP contribution in [0.5, 0.6) is 0 Å². The van der Waals surface area contributed by atoms with Crippen molar-refractivity contribution in [1.29, 1.82) is 0 Å². The Morgan fingerprint density at radius 3 is 2.60 bits per heavy atom. The van der Waals surface area contributed by atoms with Crippen molar-refractivity contribution in [3.8, 4) is 0 Å². The lowest BCUT2D eigenvalue weighted by molar-refractivity contribution is -0.147. The van der Waals surface area contributed by atoms with Crippen LogP contribution in [-0.4, -0.2) is 79.9 Å². The lowest BCUT2D eigenvalue weighted by atomic mass is 9.79. The zero-order chi connectivity index (χ0) is 14.4. The minimum absolute atomic E-state index is 0.179. The Bertz CT molecular complexity index is 319. The zero-order valence-corrected chi connectivity index (χ0v) is 12.2. The Hall–Kier alpha value is -0.690. The summed E-state index contributed by atoms with van der Waals surface area (Å²) in [6.45, 7) is 5.86. The van der Waals surface area contributed by atoms with Crippen LogP contribution >= 0.6 is 0 Å². The molecule has 0 spiro atoms. The largest absolute Gasteiger partial charge is 0.395 e. The number of aliphatic hydroxyl groups is 1. The molecule has 0 aromatic heterocycles. The smallest absolute Gasteiger partial charge is 0.230 e. The third-order valence-electron chi connectivity index (χ3n) is 4.59. The first kappa shape index (κ1) is 15.7. The molecular weight excluding hydrogens is 258 g/mol. The van der Waals surface area contributed by atoms with E-state index >= 15 is 0 Å². The van der Waals surface area contributed by atoms with E-state index in [2.05, 4.69) is 4.90 Å². The second kappa shape index (κ2) is 7.36. The summed E-state index contributed by atoms with van der Waals surface area (Å²) in [5.74, 6) is 0.203. The predicted octanol–water partition coefficient (Wildman–Crippen LogP) is -0.731. The number of nitrogens with zero attached hydrogens (tertiary/aromatic N) is 2. The van der Waals surface area contributed by atoms with Crippen LogP contribution in [-0.2, 0) is 9.53 Å². The lowest BCUT2D eigenvalue weighted by Crippen LogP contribution is -2.51. The van der Waals surface area contributed by atoms with E-state index in [1.54, 1.807) is 0 Å². The molecule has 0 aromatic rings. The van der Waals surface area contributed by atoms with Crippen molar-refractivity contribution in [3.05, 3.63) is 0 Å². The van der Waals surface area contributed by atoms with E-state index in [4.69, 9.17) is 15.6 Å². The number of ether oxygens (including phenoxy) is 1. The van der Waals surface area contributed by atoms with Gasteiger partial charge in [0.15, 0.2) is 0 Å². The van der Waals surface area contributed by atoms with Crippen molar-refractivity contribution in [1.82, 2.24) is 9.80 Å². The fourth-order valence-corrected chi connectivity index (χ4v) is 3.14. The van der Waals surface area contributed by atoms with Gasteiger partial charge in [-0.15, -0.1) is 0 Å². The minimum Gasteiger partial charge on any atom is -0.395 e. The standard InChI is InChI=1S/C14H27N3O3/c15-12-14(2-10-20-11-3-14)13(19)17-5-1-4-16(6-7-17)8-9-18/h18H,1-12,15H2. The molecule has 20 heavy (non-hydrogen) atoms. The van der Waals surface area contributed by atoms with E-state index < -0.39 is 5.41 Å². The number of carbonyl (C=O) groups excluding carboxylic acids is 1. The van der Waals surface area contributed by atoms with Gasteiger partial charge in [-0.05, 0) is 25.8 Å². The van der Waals surface area contributed by atoms with E-state index in [9.17, 15) is 4.79 Å². The van der Waals surface area contributed by atoms with E-state index in [1.807, 2.05) is 4.90 Å². The van der Waals surface area contributed by atoms with E-state index in [0.29, 0.717) is 26.3 Å². The number of aliphatic hydroxyl groups excluding tert-OH is 1. The number of β-amino-alcohol motifs (C(OH)–C–C–N with tert-alkyl or cyclic N) is 1. The SMILES string of the molecule is NCC1(C(=O)N2CCCN(CCO)CC2)CCOCC1. The van der Waals surface area contributed by atoms with Crippen molar-refractivity contribution in [2.75, 3.05) is 59.1 Å². The van der Waals surface area contributed by atoms with Crippen LogP contribution in [0, 0.1) is 5.41 Å². The molecule has 1 amide bonds. The van der Waals surface area contributed by atoms with Crippen molar-refractivity contribution < 1.29 is 14.6 Å². The summed E-state index contributed by atoms with van der Waals surface area (Å²) in [6.07, 6.45) is 2.43. The van der Waals surface area contributed by atoms with Crippen LogP contribution in [0.25, 0.3) is 0 Å². The highest BCUT2D eigenvalue weighted by atomic mass is 16.5. The third kappa shape index (κ3) is 3.49. The molecule has 2 aliphatic rings. The summed E-state index contributed by atoms with van der Waals surface area (Å²) in [6, 6.07) is 0. The van der Waals surface area contributed by atoms with Crippen LogP contribution in [0.2, 0.25) is 0 Å². The second-order valence-electron chi connectivity index (χ2n) is 5.81. The molecule has 0 atom stereocenters. The second-order valence-corrected chi connectivity index (χ2v) is 5.81. The molecular formula is C14H27N3O3. The molecule has 2 rings (SSSR count). The van der Waals surface area contributed by atoms with Crippen LogP contribution in [0.4, 0.5) is 0 Å². The normalized spacial score (nSPS) is 24.4. The molecule has 2 fully saturated rings. The predicted molar refractivity (Wildman–Crippen MR) is 76.3 cm³/mol. The summed E-state index contributed by atoms with van der Waals surface area (Å²) in [5.41, 5.74) is 5.50. The lowest BCUT2D eigenvalue weighted by Gasteiger charge is -2.38. The molecule has 6 nitrogen and oxygen atoms in total. The average molecular weight is 285 g/mol. The highest BCUT2D eigenvalue weighted by molar-refractivity contribution is 5.83. The number of amides is 1. The van der Waals surface area contributed by atoms with Gasteiger partial charge >= 0.3 is 0 Å². The van der Waals surface area contributed by atoms with Crippen molar-refractivity contribution >= 4 is 5.91 Å². The van der Waals surface area contributed by atoms with Crippen LogP contribution in [0.15, 0.2) is 0 Å². The zero-order valence-electron chi connectivity index (χ0n) is 12.2. The number of carbonyl (C=O) groups is 1. The molecule has 0 saturated carbocycles. The highest BCUT2D eigenvalue weighted by Gasteiger charge is 2.41. The van der Waals surface area contributed by atoms with Gasteiger partial charge in [-0.2, -0.15) is 0 Å². The van der Waals surface area contributed by atoms with Gasteiger partial charge in [0.05, 0.1) is 12.0 Å². The Balaban J connectivity index is 1.97. The van der Waals surface area contributed by atoms with Gasteiger partial charge in [0.1, 0.15) is 0 Å². The average Bonchev–Trinajstić information content (AvgIpc) is 2.73. The summed E-state index contributed by atoms with van der Waals surface area (Å²) in [7, 11) is 0. The monoisotopic (exact) mass is 285 g/mol. The number of hydrogen-bond donors (Lipinski definition) is 2. The summed E-state index contributed by atoms with van der Waals surface area (Å²) in [4.78, 5) is 17.0. The Labute approximate surface area is 120 Å². The first-order valence-corrected chi connectivity index (χ1v) is 7.62. The van der Waals surface area contributed by atoms with E-state index in [-0.39, 0.29) is 12.5 Å². The molecule has 6 heteroatoms. The number of nitrogens with two attached hydrogens (primary N) is 1. The van der Waals surface area contributed by atoms with Gasteiger partial charge in [-0.25, -0.2) is 0 Å². The summed E-state index contributed by atoms with van der Waals surface area (Å²) < 4.78 is 5.38. The van der Waals surface area contributed by atoms with Crippen LogP contribution < -0.4 is 5.73 Å². The molecule has 0 aliphatic carbocycles. The topological polar surface area (TPSA) is 79.0 Å². The number of rotatable bonds is 4. The third-order valence-corrected chi connectivity index (χ3v) is 4.59. The Morgan fingerprint density at radius 1 is 1.20 bits per heavy atom. The quantitative estimate of drug-likeness (QED) is 0.712. The van der Waals surface area contributed by atoms with Crippen molar-refractivity contribution in [2.24, 2.45) is 11.1 Å². The highest BCUT2D eigenvalue weighted by Crippen LogP contribution is 2.32. The molecule has 0 radical (unpaired) electrons. The van der Waals surface area contributed by atoms with Crippen LogP contribution in [0.3, 0.4) is 0 Å².